The largest absolute Gasteiger partial charge is 0.354 e. The molecule has 5 nitrogen and oxygen atoms in total. The van der Waals surface area contributed by atoms with Gasteiger partial charge in [-0.05, 0) is 63.3 Å². The number of rotatable bonds is 6. The van der Waals surface area contributed by atoms with Crippen molar-refractivity contribution in [2.24, 2.45) is 0 Å². The normalized spacial score (nSPS) is 10.7. The molecule has 0 saturated carbocycles. The number of anilines is 2. The Bertz CT molecular complexity index is 665. The van der Waals surface area contributed by atoms with Gasteiger partial charge < -0.3 is 15.5 Å². The van der Waals surface area contributed by atoms with Crippen molar-refractivity contribution in [3.63, 3.8) is 0 Å². The predicted octanol–water partition coefficient (Wildman–Crippen LogP) is 2.73. The zero-order valence-corrected chi connectivity index (χ0v) is 14.2. The van der Waals surface area contributed by atoms with Crippen molar-refractivity contribution in [2.45, 2.75) is 13.8 Å². The molecule has 1 aromatic heterocycles. The van der Waals surface area contributed by atoms with Crippen molar-refractivity contribution in [3.8, 4) is 0 Å². The van der Waals surface area contributed by atoms with Crippen LogP contribution in [0.15, 0.2) is 36.5 Å². The zero-order chi connectivity index (χ0) is 16.8. The van der Waals surface area contributed by atoms with Gasteiger partial charge in [-0.3, -0.25) is 4.79 Å². The van der Waals surface area contributed by atoms with Gasteiger partial charge in [0.1, 0.15) is 5.69 Å². The Balaban J connectivity index is 1.96. The smallest absolute Gasteiger partial charge is 0.269 e. The molecule has 0 atom stereocenters. The SMILES string of the molecule is Cc1ccc(Nc2ccc(C(=O)NCCN(C)C)nc2)cc1C. The zero-order valence-electron chi connectivity index (χ0n) is 14.2. The molecule has 0 aliphatic carbocycles. The molecular weight excluding hydrogens is 288 g/mol. The first-order chi connectivity index (χ1) is 11.0. The van der Waals surface area contributed by atoms with E-state index >= 15 is 0 Å². The minimum absolute atomic E-state index is 0.149. The number of pyridine rings is 1. The molecule has 5 heteroatoms. The van der Waals surface area contributed by atoms with Crippen molar-refractivity contribution in [3.05, 3.63) is 53.3 Å². The number of hydrogen-bond donors (Lipinski definition) is 2. The lowest BCUT2D eigenvalue weighted by Gasteiger charge is -2.11. The van der Waals surface area contributed by atoms with Crippen LogP contribution in [0.2, 0.25) is 0 Å². The van der Waals surface area contributed by atoms with Crippen LogP contribution < -0.4 is 10.6 Å². The highest BCUT2D eigenvalue weighted by atomic mass is 16.1. The second-order valence-electron chi connectivity index (χ2n) is 5.92. The molecule has 2 N–H and O–H groups in total. The fraction of sp³-hybridized carbons (Fsp3) is 0.333. The molecule has 0 aliphatic rings. The summed E-state index contributed by atoms with van der Waals surface area (Å²) < 4.78 is 0. The number of hydrogen-bond acceptors (Lipinski definition) is 4. The lowest BCUT2D eigenvalue weighted by atomic mass is 10.1. The maximum atomic E-state index is 12.0. The van der Waals surface area contributed by atoms with E-state index in [9.17, 15) is 4.79 Å². The topological polar surface area (TPSA) is 57.3 Å². The molecule has 1 aromatic carbocycles. The van der Waals surface area contributed by atoms with E-state index < -0.39 is 0 Å². The first-order valence-corrected chi connectivity index (χ1v) is 7.69. The van der Waals surface area contributed by atoms with Gasteiger partial charge in [0.05, 0.1) is 11.9 Å². The number of nitrogens with one attached hydrogen (secondary N) is 2. The van der Waals surface area contributed by atoms with Gasteiger partial charge in [0.15, 0.2) is 0 Å². The number of likely N-dealkylation sites (N-methyl/N-ethyl adjacent to an activating group) is 1. The van der Waals surface area contributed by atoms with Gasteiger partial charge in [-0.25, -0.2) is 4.98 Å². The Morgan fingerprint density at radius 1 is 1.09 bits per heavy atom. The minimum atomic E-state index is -0.149. The Labute approximate surface area is 137 Å². The minimum Gasteiger partial charge on any atom is -0.354 e. The maximum absolute atomic E-state index is 12.0. The summed E-state index contributed by atoms with van der Waals surface area (Å²) in [6, 6.07) is 9.80. The lowest BCUT2D eigenvalue weighted by molar-refractivity contribution is 0.0946. The molecule has 0 aliphatic heterocycles. The summed E-state index contributed by atoms with van der Waals surface area (Å²) in [5, 5.41) is 6.14. The number of nitrogens with zero attached hydrogens (tertiary/aromatic N) is 2. The summed E-state index contributed by atoms with van der Waals surface area (Å²) in [4.78, 5) is 18.2. The Hall–Kier alpha value is -2.40. The number of aryl methyl sites for hydroxylation is 2. The third kappa shape index (κ3) is 5.07. The summed E-state index contributed by atoms with van der Waals surface area (Å²) in [6.07, 6.45) is 1.68. The standard InChI is InChI=1S/C18H24N4O/c1-13-5-6-15(11-14(13)2)21-16-7-8-17(20-12-16)18(23)19-9-10-22(3)4/h5-8,11-12,21H,9-10H2,1-4H3,(H,19,23). The van der Waals surface area contributed by atoms with Gasteiger partial charge >= 0.3 is 0 Å². The van der Waals surface area contributed by atoms with Crippen LogP contribution in [0.1, 0.15) is 21.6 Å². The van der Waals surface area contributed by atoms with Crippen molar-refractivity contribution < 1.29 is 4.79 Å². The van der Waals surface area contributed by atoms with Gasteiger partial charge in [0, 0.05) is 18.8 Å². The summed E-state index contributed by atoms with van der Waals surface area (Å²) in [6.45, 7) is 5.58. The van der Waals surface area contributed by atoms with E-state index in [1.807, 2.05) is 31.1 Å². The second-order valence-corrected chi connectivity index (χ2v) is 5.92. The van der Waals surface area contributed by atoms with Gasteiger partial charge in [-0.1, -0.05) is 6.07 Å². The molecule has 1 amide bonds. The highest BCUT2D eigenvalue weighted by molar-refractivity contribution is 5.92. The molecule has 2 aromatic rings. The number of carbonyl (C=O) groups excluding carboxylic acids is 1. The van der Waals surface area contributed by atoms with Crippen molar-refractivity contribution >= 4 is 17.3 Å². The fourth-order valence-electron chi connectivity index (χ4n) is 2.07. The third-order valence-corrected chi connectivity index (χ3v) is 3.64. The fourth-order valence-corrected chi connectivity index (χ4v) is 2.07. The average molecular weight is 312 g/mol. The summed E-state index contributed by atoms with van der Waals surface area (Å²) in [5.74, 6) is -0.149. The van der Waals surface area contributed by atoms with E-state index in [4.69, 9.17) is 0 Å². The van der Waals surface area contributed by atoms with Crippen LogP contribution >= 0.6 is 0 Å². The van der Waals surface area contributed by atoms with Crippen molar-refractivity contribution in [1.82, 2.24) is 15.2 Å². The van der Waals surface area contributed by atoms with E-state index in [1.165, 1.54) is 11.1 Å². The van der Waals surface area contributed by atoms with E-state index in [0.717, 1.165) is 17.9 Å². The number of benzene rings is 1. The number of aromatic nitrogens is 1. The predicted molar refractivity (Wildman–Crippen MR) is 94.3 cm³/mol. The van der Waals surface area contributed by atoms with Crippen LogP contribution in [0, 0.1) is 13.8 Å². The van der Waals surface area contributed by atoms with Gasteiger partial charge in [-0.2, -0.15) is 0 Å². The van der Waals surface area contributed by atoms with Gasteiger partial charge in [0.25, 0.3) is 5.91 Å². The number of amides is 1. The Morgan fingerprint density at radius 2 is 1.83 bits per heavy atom. The summed E-state index contributed by atoms with van der Waals surface area (Å²) in [5.41, 5.74) is 4.80. The molecular formula is C18H24N4O. The molecule has 122 valence electrons. The molecule has 0 unspecified atom stereocenters. The van der Waals surface area contributed by atoms with Crippen LogP contribution in [-0.2, 0) is 0 Å². The number of carbonyl (C=O) groups is 1. The molecule has 0 fully saturated rings. The Kier molecular flexibility index (Phi) is 5.71. The molecule has 0 spiro atoms. The monoisotopic (exact) mass is 312 g/mol. The Morgan fingerprint density at radius 3 is 2.43 bits per heavy atom. The van der Waals surface area contributed by atoms with Gasteiger partial charge in [0.2, 0.25) is 0 Å². The van der Waals surface area contributed by atoms with Crippen LogP contribution in [0.3, 0.4) is 0 Å². The average Bonchev–Trinajstić information content (AvgIpc) is 2.51. The summed E-state index contributed by atoms with van der Waals surface area (Å²) >= 11 is 0. The second kappa shape index (κ2) is 7.74. The first-order valence-electron chi connectivity index (χ1n) is 7.69. The van der Waals surface area contributed by atoms with Crippen LogP contribution in [-0.4, -0.2) is 43.0 Å². The van der Waals surface area contributed by atoms with Crippen molar-refractivity contribution in [1.29, 1.82) is 0 Å². The van der Waals surface area contributed by atoms with E-state index in [1.54, 1.807) is 12.3 Å². The van der Waals surface area contributed by atoms with E-state index in [2.05, 4.69) is 41.6 Å². The van der Waals surface area contributed by atoms with Crippen molar-refractivity contribution in [2.75, 3.05) is 32.5 Å². The molecule has 0 radical (unpaired) electrons. The van der Waals surface area contributed by atoms with Gasteiger partial charge in [-0.15, -0.1) is 0 Å². The third-order valence-electron chi connectivity index (χ3n) is 3.64. The molecule has 2 rings (SSSR count). The molecule has 1 heterocycles. The van der Waals surface area contributed by atoms with Crippen LogP contribution in [0.5, 0.6) is 0 Å². The van der Waals surface area contributed by atoms with Crippen LogP contribution in [0.4, 0.5) is 11.4 Å². The molecule has 0 saturated heterocycles. The quantitative estimate of drug-likeness (QED) is 0.861. The molecule has 23 heavy (non-hydrogen) atoms. The lowest BCUT2D eigenvalue weighted by Crippen LogP contribution is -2.31. The first kappa shape index (κ1) is 17.0. The molecule has 0 bridgehead atoms. The van der Waals surface area contributed by atoms with E-state index in [0.29, 0.717) is 12.2 Å². The van der Waals surface area contributed by atoms with Crippen LogP contribution in [0.25, 0.3) is 0 Å². The summed E-state index contributed by atoms with van der Waals surface area (Å²) in [7, 11) is 3.94. The maximum Gasteiger partial charge on any atom is 0.269 e. The highest BCUT2D eigenvalue weighted by Crippen LogP contribution is 2.19. The van der Waals surface area contributed by atoms with E-state index in [-0.39, 0.29) is 5.91 Å². The highest BCUT2D eigenvalue weighted by Gasteiger charge is 2.06.